The molecule has 2 aromatic carbocycles. The number of hydrogen-bond donors (Lipinski definition) is 1. The number of nitriles is 2. The normalized spacial score (nSPS) is 12.0. The van der Waals surface area contributed by atoms with Crippen molar-refractivity contribution in [2.24, 2.45) is 0 Å². The minimum absolute atomic E-state index is 0.167. The lowest BCUT2D eigenvalue weighted by Gasteiger charge is -2.10. The Kier molecular flexibility index (Phi) is 3.18. The summed E-state index contributed by atoms with van der Waals surface area (Å²) in [6.07, 6.45) is 0. The standard InChI is InChI=1S/C14H6N4O3S/c15-5-7-1-9-10-3-13(19)14(22(20)21)4-12(10)18-17-11(9)2-8(7)6-16/h1-4,19H,(H,20,21)/p-1. The van der Waals surface area contributed by atoms with E-state index in [1.165, 1.54) is 24.3 Å². The van der Waals surface area contributed by atoms with Crippen LogP contribution >= 0.6 is 0 Å². The number of aromatic nitrogens is 2. The second kappa shape index (κ2) is 5.04. The van der Waals surface area contributed by atoms with E-state index < -0.39 is 16.8 Å². The van der Waals surface area contributed by atoms with Crippen molar-refractivity contribution < 1.29 is 13.9 Å². The maximum atomic E-state index is 11.0. The lowest BCUT2D eigenvalue weighted by Crippen LogP contribution is -1.95. The molecule has 0 aliphatic rings. The molecule has 0 saturated carbocycles. The summed E-state index contributed by atoms with van der Waals surface area (Å²) in [4.78, 5) is -0.282. The van der Waals surface area contributed by atoms with Crippen molar-refractivity contribution in [2.75, 3.05) is 0 Å². The monoisotopic (exact) mass is 309 g/mol. The fourth-order valence-corrected chi connectivity index (χ4v) is 2.61. The molecule has 8 heteroatoms. The van der Waals surface area contributed by atoms with Gasteiger partial charge in [0.15, 0.2) is 0 Å². The molecular weight excluding hydrogens is 304 g/mol. The molecule has 22 heavy (non-hydrogen) atoms. The van der Waals surface area contributed by atoms with Gasteiger partial charge in [0.05, 0.1) is 27.1 Å². The van der Waals surface area contributed by atoms with Crippen LogP contribution in [0.15, 0.2) is 29.2 Å². The van der Waals surface area contributed by atoms with Crippen molar-refractivity contribution in [3.8, 4) is 17.9 Å². The fourth-order valence-electron chi connectivity index (χ4n) is 2.17. The summed E-state index contributed by atoms with van der Waals surface area (Å²) in [6, 6.07) is 9.17. The first-order valence-electron chi connectivity index (χ1n) is 5.91. The van der Waals surface area contributed by atoms with Gasteiger partial charge in [0.2, 0.25) is 0 Å². The van der Waals surface area contributed by atoms with Gasteiger partial charge in [-0.1, -0.05) is 0 Å². The van der Waals surface area contributed by atoms with Gasteiger partial charge in [-0.05, 0) is 35.3 Å². The summed E-state index contributed by atoms with van der Waals surface area (Å²) < 4.78 is 22.1. The molecule has 0 saturated heterocycles. The minimum Gasteiger partial charge on any atom is -0.768 e. The minimum atomic E-state index is -2.60. The molecule has 1 heterocycles. The van der Waals surface area contributed by atoms with Crippen molar-refractivity contribution in [2.45, 2.75) is 4.90 Å². The fraction of sp³-hybridized carbons (Fsp3) is 0. The van der Waals surface area contributed by atoms with E-state index in [1.54, 1.807) is 0 Å². The summed E-state index contributed by atoms with van der Waals surface area (Å²) in [6.45, 7) is 0. The first-order chi connectivity index (χ1) is 10.5. The Morgan fingerprint density at radius 2 is 1.55 bits per heavy atom. The molecule has 1 unspecified atom stereocenters. The molecule has 0 fully saturated rings. The second-order valence-electron chi connectivity index (χ2n) is 4.41. The highest BCUT2D eigenvalue weighted by Crippen LogP contribution is 2.31. The highest BCUT2D eigenvalue weighted by molar-refractivity contribution is 7.79. The third-order valence-electron chi connectivity index (χ3n) is 3.19. The van der Waals surface area contributed by atoms with Gasteiger partial charge in [0, 0.05) is 10.8 Å². The number of benzene rings is 2. The maximum Gasteiger partial charge on any atom is 0.131 e. The predicted octanol–water partition coefficient (Wildman–Crippen LogP) is 1.47. The third kappa shape index (κ3) is 2.04. The number of phenolic OH excluding ortho intramolecular Hbond substituents is 1. The molecule has 3 aromatic rings. The van der Waals surface area contributed by atoms with Crippen LogP contribution < -0.4 is 0 Å². The molecule has 0 bridgehead atoms. The van der Waals surface area contributed by atoms with Crippen LogP contribution in [0.3, 0.4) is 0 Å². The maximum absolute atomic E-state index is 11.0. The average Bonchev–Trinajstić information content (AvgIpc) is 2.52. The van der Waals surface area contributed by atoms with Gasteiger partial charge in [-0.3, -0.25) is 4.21 Å². The number of fused-ring (bicyclic) bond motifs is 3. The Morgan fingerprint density at radius 3 is 2.14 bits per heavy atom. The number of hydrogen-bond acceptors (Lipinski definition) is 7. The third-order valence-corrected chi connectivity index (χ3v) is 3.88. The van der Waals surface area contributed by atoms with Crippen LogP contribution in [0.2, 0.25) is 0 Å². The van der Waals surface area contributed by atoms with Gasteiger partial charge in [-0.2, -0.15) is 10.5 Å². The molecule has 0 radical (unpaired) electrons. The SMILES string of the molecule is N#Cc1cc2nnc3cc(S(=O)[O-])c(O)cc3c2cc1C#N. The van der Waals surface area contributed by atoms with E-state index in [1.807, 2.05) is 12.1 Å². The highest BCUT2D eigenvalue weighted by atomic mass is 32.2. The van der Waals surface area contributed by atoms with E-state index in [-0.39, 0.29) is 21.5 Å². The summed E-state index contributed by atoms with van der Waals surface area (Å²) in [5, 5.41) is 36.7. The van der Waals surface area contributed by atoms with Gasteiger partial charge < -0.3 is 9.66 Å². The van der Waals surface area contributed by atoms with Crippen LogP contribution in [-0.2, 0) is 11.1 Å². The highest BCUT2D eigenvalue weighted by Gasteiger charge is 2.12. The van der Waals surface area contributed by atoms with Crippen molar-refractivity contribution in [3.63, 3.8) is 0 Å². The van der Waals surface area contributed by atoms with Crippen molar-refractivity contribution in [1.82, 2.24) is 10.2 Å². The van der Waals surface area contributed by atoms with E-state index in [2.05, 4.69) is 10.2 Å². The second-order valence-corrected chi connectivity index (χ2v) is 5.32. The largest absolute Gasteiger partial charge is 0.768 e. The quantitative estimate of drug-likeness (QED) is 0.531. The summed E-state index contributed by atoms with van der Waals surface area (Å²) in [7, 11) is 0. The number of phenols is 1. The van der Waals surface area contributed by atoms with Crippen LogP contribution in [0.5, 0.6) is 5.75 Å². The zero-order valence-corrected chi connectivity index (χ0v) is 11.6. The number of aromatic hydroxyl groups is 1. The predicted molar refractivity (Wildman–Crippen MR) is 75.3 cm³/mol. The molecule has 1 N–H and O–H groups in total. The molecule has 0 aliphatic heterocycles. The van der Waals surface area contributed by atoms with Crippen molar-refractivity contribution >= 4 is 32.9 Å². The Bertz CT molecular complexity index is 1050. The molecule has 3 rings (SSSR count). The topological polar surface area (TPSA) is 134 Å². The zero-order chi connectivity index (χ0) is 15.9. The molecule has 0 spiro atoms. The van der Waals surface area contributed by atoms with Crippen LogP contribution in [-0.4, -0.2) is 24.1 Å². The lowest BCUT2D eigenvalue weighted by molar-refractivity contribution is 0.456. The van der Waals surface area contributed by atoms with Gasteiger partial charge in [0.25, 0.3) is 0 Å². The van der Waals surface area contributed by atoms with Gasteiger partial charge in [-0.15, -0.1) is 10.2 Å². The molecule has 0 amide bonds. The molecule has 1 atom stereocenters. The van der Waals surface area contributed by atoms with Crippen LogP contribution in [0.25, 0.3) is 21.8 Å². The first-order valence-corrected chi connectivity index (χ1v) is 6.99. The Labute approximate surface area is 126 Å². The summed E-state index contributed by atoms with van der Waals surface area (Å²) >= 11 is -2.60. The van der Waals surface area contributed by atoms with E-state index in [4.69, 9.17) is 10.5 Å². The molecular formula is C14H5N4O3S-. The van der Waals surface area contributed by atoms with E-state index in [0.29, 0.717) is 16.3 Å². The molecule has 0 aliphatic carbocycles. The summed E-state index contributed by atoms with van der Waals surface area (Å²) in [5.74, 6) is -0.419. The Hall–Kier alpha value is -3.07. The first kappa shape index (κ1) is 13.9. The molecule has 106 valence electrons. The Morgan fingerprint density at radius 1 is 1.00 bits per heavy atom. The van der Waals surface area contributed by atoms with Crippen molar-refractivity contribution in [1.29, 1.82) is 10.5 Å². The lowest BCUT2D eigenvalue weighted by atomic mass is 10.0. The zero-order valence-electron chi connectivity index (χ0n) is 10.8. The van der Waals surface area contributed by atoms with E-state index in [0.717, 1.165) is 0 Å². The molecule has 1 aromatic heterocycles. The summed E-state index contributed by atoms with van der Waals surface area (Å²) in [5.41, 5.74) is 0.974. The van der Waals surface area contributed by atoms with E-state index in [9.17, 15) is 13.9 Å². The van der Waals surface area contributed by atoms with Gasteiger partial charge in [-0.25, -0.2) is 0 Å². The van der Waals surface area contributed by atoms with Gasteiger partial charge >= 0.3 is 0 Å². The Balaban J connectivity index is 2.46. The van der Waals surface area contributed by atoms with Crippen LogP contribution in [0.4, 0.5) is 0 Å². The van der Waals surface area contributed by atoms with Gasteiger partial charge in [0.1, 0.15) is 17.9 Å². The number of rotatable bonds is 1. The van der Waals surface area contributed by atoms with Crippen molar-refractivity contribution in [3.05, 3.63) is 35.4 Å². The number of nitrogens with zero attached hydrogens (tertiary/aromatic N) is 4. The average molecular weight is 309 g/mol. The van der Waals surface area contributed by atoms with Crippen LogP contribution in [0.1, 0.15) is 11.1 Å². The molecule has 7 nitrogen and oxygen atoms in total. The van der Waals surface area contributed by atoms with E-state index >= 15 is 0 Å². The van der Waals surface area contributed by atoms with Crippen LogP contribution in [0, 0.1) is 22.7 Å². The smallest absolute Gasteiger partial charge is 0.131 e.